The predicted molar refractivity (Wildman–Crippen MR) is 75.1 cm³/mol. The summed E-state index contributed by atoms with van der Waals surface area (Å²) in [4.78, 5) is 5.28. The maximum absolute atomic E-state index is 9.98. The molecule has 1 N–H and O–H groups in total. The number of pyridine rings is 1. The van der Waals surface area contributed by atoms with Gasteiger partial charge >= 0.3 is 0 Å². The van der Waals surface area contributed by atoms with Gasteiger partial charge in [-0.1, -0.05) is 48.5 Å². The summed E-state index contributed by atoms with van der Waals surface area (Å²) in [6, 6.07) is 11.5. The van der Waals surface area contributed by atoms with E-state index in [0.29, 0.717) is 11.4 Å². The van der Waals surface area contributed by atoms with Crippen LogP contribution in [-0.4, -0.2) is 10.1 Å². The third-order valence-corrected chi connectivity index (χ3v) is 3.85. The third-order valence-electron chi connectivity index (χ3n) is 2.58. The van der Waals surface area contributed by atoms with Crippen LogP contribution < -0.4 is 0 Å². The largest absolute Gasteiger partial charge is 0.388 e. The minimum Gasteiger partial charge on any atom is -0.388 e. The second-order valence-corrected chi connectivity index (χ2v) is 5.38. The molecule has 1 atom stereocenters. The van der Waals surface area contributed by atoms with Crippen molar-refractivity contribution in [3.63, 3.8) is 0 Å². The maximum Gasteiger partial charge on any atom is 0.101 e. The zero-order chi connectivity index (χ0) is 13.0. The van der Waals surface area contributed by atoms with Crippen LogP contribution in [-0.2, 0) is 0 Å². The Bertz CT molecular complexity index is 515. The lowest BCUT2D eigenvalue weighted by Gasteiger charge is -2.13. The standard InChI is InChI=1S/C14H14ClNOS/c1-2-12(17)11-5-3-4-6-13(11)18-14-8-7-10(15)9-16-14/h3-9,12,17H,2H2,1H3/t12-/m0/s1. The van der Waals surface area contributed by atoms with Crippen molar-refractivity contribution in [2.45, 2.75) is 29.4 Å². The van der Waals surface area contributed by atoms with Crippen LogP contribution in [0.15, 0.2) is 52.5 Å². The number of rotatable bonds is 4. The Labute approximate surface area is 116 Å². The summed E-state index contributed by atoms with van der Waals surface area (Å²) in [5, 5.41) is 11.5. The van der Waals surface area contributed by atoms with E-state index in [9.17, 15) is 5.11 Å². The van der Waals surface area contributed by atoms with Crippen molar-refractivity contribution in [1.29, 1.82) is 0 Å². The molecule has 0 aliphatic carbocycles. The van der Waals surface area contributed by atoms with Crippen LogP contribution >= 0.6 is 23.4 Å². The van der Waals surface area contributed by atoms with Crippen molar-refractivity contribution in [2.75, 3.05) is 0 Å². The molecule has 1 aromatic carbocycles. The second kappa shape index (κ2) is 6.23. The number of aliphatic hydroxyl groups is 1. The molecule has 1 heterocycles. The van der Waals surface area contributed by atoms with Crippen molar-refractivity contribution < 1.29 is 5.11 Å². The lowest BCUT2D eigenvalue weighted by atomic mass is 10.1. The molecule has 18 heavy (non-hydrogen) atoms. The quantitative estimate of drug-likeness (QED) is 0.904. The van der Waals surface area contributed by atoms with Crippen molar-refractivity contribution in [1.82, 2.24) is 4.98 Å². The Morgan fingerprint density at radius 1 is 1.28 bits per heavy atom. The number of halogens is 1. The molecule has 2 rings (SSSR count). The molecule has 0 aliphatic heterocycles. The summed E-state index contributed by atoms with van der Waals surface area (Å²) >= 11 is 7.34. The molecule has 1 aromatic heterocycles. The predicted octanol–water partition coefficient (Wildman–Crippen LogP) is 4.33. The molecule has 2 aromatic rings. The Kier molecular flexibility index (Phi) is 4.64. The Morgan fingerprint density at radius 3 is 2.72 bits per heavy atom. The summed E-state index contributed by atoms with van der Waals surface area (Å²) in [5.41, 5.74) is 0.946. The van der Waals surface area contributed by atoms with Gasteiger partial charge in [-0.15, -0.1) is 0 Å². The summed E-state index contributed by atoms with van der Waals surface area (Å²) in [6.45, 7) is 1.96. The summed E-state index contributed by atoms with van der Waals surface area (Å²) in [7, 11) is 0. The van der Waals surface area contributed by atoms with Gasteiger partial charge in [0.1, 0.15) is 5.03 Å². The smallest absolute Gasteiger partial charge is 0.101 e. The van der Waals surface area contributed by atoms with Gasteiger partial charge < -0.3 is 5.11 Å². The molecule has 0 amide bonds. The monoisotopic (exact) mass is 279 g/mol. The highest BCUT2D eigenvalue weighted by atomic mass is 35.5. The fourth-order valence-corrected chi connectivity index (χ4v) is 2.65. The highest BCUT2D eigenvalue weighted by Gasteiger charge is 2.11. The maximum atomic E-state index is 9.98. The van der Waals surface area contributed by atoms with Gasteiger partial charge in [0.15, 0.2) is 0 Å². The van der Waals surface area contributed by atoms with Crippen LogP contribution in [0.5, 0.6) is 0 Å². The number of aromatic nitrogens is 1. The molecule has 2 nitrogen and oxygen atoms in total. The Morgan fingerprint density at radius 2 is 2.06 bits per heavy atom. The Balaban J connectivity index is 2.26. The Hall–Kier alpha value is -1.03. The molecule has 0 fully saturated rings. The van der Waals surface area contributed by atoms with Crippen LogP contribution in [0.2, 0.25) is 5.02 Å². The number of aliphatic hydroxyl groups excluding tert-OH is 1. The van der Waals surface area contributed by atoms with E-state index in [2.05, 4.69) is 4.98 Å². The first-order valence-electron chi connectivity index (χ1n) is 5.77. The number of nitrogens with zero attached hydrogens (tertiary/aromatic N) is 1. The van der Waals surface area contributed by atoms with Gasteiger partial charge in [0, 0.05) is 11.1 Å². The van der Waals surface area contributed by atoms with Crippen molar-refractivity contribution in [3.05, 3.63) is 53.2 Å². The van der Waals surface area contributed by atoms with Gasteiger partial charge in [-0.2, -0.15) is 0 Å². The molecule has 4 heteroatoms. The summed E-state index contributed by atoms with van der Waals surface area (Å²) in [5.74, 6) is 0. The lowest BCUT2D eigenvalue weighted by molar-refractivity contribution is 0.171. The van der Waals surface area contributed by atoms with Crippen LogP contribution in [0.25, 0.3) is 0 Å². The highest BCUT2D eigenvalue weighted by Crippen LogP contribution is 2.33. The lowest BCUT2D eigenvalue weighted by Crippen LogP contribution is -1.97. The summed E-state index contributed by atoms with van der Waals surface area (Å²) in [6.07, 6.45) is 1.90. The van der Waals surface area contributed by atoms with E-state index in [1.165, 1.54) is 11.8 Å². The number of hydrogen-bond acceptors (Lipinski definition) is 3. The van der Waals surface area contributed by atoms with Gasteiger partial charge in [0.05, 0.1) is 11.1 Å². The van der Waals surface area contributed by atoms with E-state index < -0.39 is 6.10 Å². The first-order chi connectivity index (χ1) is 8.70. The fraction of sp³-hybridized carbons (Fsp3) is 0.214. The molecule has 0 saturated heterocycles. The van der Waals surface area contributed by atoms with Gasteiger partial charge in [-0.3, -0.25) is 0 Å². The van der Waals surface area contributed by atoms with Crippen LogP contribution in [0.1, 0.15) is 25.0 Å². The second-order valence-electron chi connectivity index (χ2n) is 3.88. The molecule has 0 bridgehead atoms. The van der Waals surface area contributed by atoms with E-state index in [4.69, 9.17) is 11.6 Å². The van der Waals surface area contributed by atoms with E-state index >= 15 is 0 Å². The van der Waals surface area contributed by atoms with Crippen molar-refractivity contribution >= 4 is 23.4 Å². The van der Waals surface area contributed by atoms with E-state index in [1.54, 1.807) is 6.20 Å². The molecule has 0 aliphatic rings. The normalized spacial score (nSPS) is 12.4. The molecular weight excluding hydrogens is 266 g/mol. The van der Waals surface area contributed by atoms with Crippen molar-refractivity contribution in [3.8, 4) is 0 Å². The number of hydrogen-bond donors (Lipinski definition) is 1. The molecule has 94 valence electrons. The number of benzene rings is 1. The summed E-state index contributed by atoms with van der Waals surface area (Å²) < 4.78 is 0. The molecule has 0 saturated carbocycles. The van der Waals surface area contributed by atoms with E-state index in [0.717, 1.165) is 15.5 Å². The molecule has 0 spiro atoms. The first kappa shape index (κ1) is 13.4. The van der Waals surface area contributed by atoms with E-state index in [-0.39, 0.29) is 0 Å². The highest BCUT2D eigenvalue weighted by molar-refractivity contribution is 7.99. The molecule has 0 unspecified atom stereocenters. The fourth-order valence-electron chi connectivity index (χ4n) is 1.60. The van der Waals surface area contributed by atoms with Crippen LogP contribution in [0.4, 0.5) is 0 Å². The van der Waals surface area contributed by atoms with Crippen molar-refractivity contribution in [2.24, 2.45) is 0 Å². The van der Waals surface area contributed by atoms with Gasteiger partial charge in [0.2, 0.25) is 0 Å². The zero-order valence-electron chi connectivity index (χ0n) is 10.0. The SMILES string of the molecule is CC[C@H](O)c1ccccc1Sc1ccc(Cl)cn1. The minimum atomic E-state index is -0.430. The molecule has 0 radical (unpaired) electrons. The van der Waals surface area contributed by atoms with Crippen LogP contribution in [0.3, 0.4) is 0 Å². The zero-order valence-corrected chi connectivity index (χ0v) is 11.6. The van der Waals surface area contributed by atoms with Crippen LogP contribution in [0, 0.1) is 0 Å². The van der Waals surface area contributed by atoms with Gasteiger partial charge in [0.25, 0.3) is 0 Å². The van der Waals surface area contributed by atoms with Gasteiger partial charge in [-0.25, -0.2) is 4.98 Å². The third kappa shape index (κ3) is 3.25. The van der Waals surface area contributed by atoms with Gasteiger partial charge in [-0.05, 0) is 30.2 Å². The molecular formula is C14H14ClNOS. The minimum absolute atomic E-state index is 0.430. The topological polar surface area (TPSA) is 33.1 Å². The average molecular weight is 280 g/mol. The average Bonchev–Trinajstić information content (AvgIpc) is 2.41. The van der Waals surface area contributed by atoms with E-state index in [1.807, 2.05) is 43.3 Å². The first-order valence-corrected chi connectivity index (χ1v) is 6.96.